The lowest BCUT2D eigenvalue weighted by atomic mass is 9.89. The topological polar surface area (TPSA) is 105 Å². The summed E-state index contributed by atoms with van der Waals surface area (Å²) < 4.78 is 7.41. The molecule has 6 rings (SSSR count). The molecule has 2 fully saturated rings. The van der Waals surface area contributed by atoms with Gasteiger partial charge in [0.15, 0.2) is 0 Å². The predicted molar refractivity (Wildman–Crippen MR) is 158 cm³/mol. The van der Waals surface area contributed by atoms with Crippen molar-refractivity contribution >= 4 is 29.8 Å². The Labute approximate surface area is 240 Å². The normalized spacial score (nSPS) is 19.4. The zero-order valence-corrected chi connectivity index (χ0v) is 23.5. The second kappa shape index (κ2) is 12.2. The summed E-state index contributed by atoms with van der Waals surface area (Å²) in [7, 11) is 0. The molecule has 0 radical (unpaired) electrons. The van der Waals surface area contributed by atoms with E-state index < -0.39 is 6.04 Å². The van der Waals surface area contributed by atoms with Gasteiger partial charge in [-0.2, -0.15) is 5.10 Å². The number of hydrogen-bond donors (Lipinski definition) is 2. The minimum atomic E-state index is -0.485. The van der Waals surface area contributed by atoms with Crippen molar-refractivity contribution in [3.05, 3.63) is 65.6 Å². The second-order valence-electron chi connectivity index (χ2n) is 10.9. The SMILES string of the molecule is CC(=O)N1CCC(c2ccc(Nc3nc(-c4cnn(CCN5CCOCC5)c4)cc4c3C(C=O)NC=C4)cc2)CC1. The van der Waals surface area contributed by atoms with Gasteiger partial charge in [-0.3, -0.25) is 14.4 Å². The van der Waals surface area contributed by atoms with Crippen LogP contribution >= 0.6 is 0 Å². The Morgan fingerprint density at radius 1 is 1.12 bits per heavy atom. The molecule has 0 saturated carbocycles. The van der Waals surface area contributed by atoms with E-state index in [4.69, 9.17) is 9.72 Å². The zero-order valence-electron chi connectivity index (χ0n) is 23.5. The third kappa shape index (κ3) is 6.18. The maximum absolute atomic E-state index is 12.0. The molecule has 2 N–H and O–H groups in total. The van der Waals surface area contributed by atoms with Crippen molar-refractivity contribution < 1.29 is 14.3 Å². The molecular weight excluding hydrogens is 518 g/mol. The average molecular weight is 556 g/mol. The van der Waals surface area contributed by atoms with Gasteiger partial charge in [-0.05, 0) is 60.4 Å². The van der Waals surface area contributed by atoms with E-state index in [-0.39, 0.29) is 5.91 Å². The van der Waals surface area contributed by atoms with Crippen LogP contribution < -0.4 is 10.6 Å². The third-order valence-electron chi connectivity index (χ3n) is 8.34. The number of aromatic nitrogens is 3. The molecule has 0 aliphatic carbocycles. The van der Waals surface area contributed by atoms with Gasteiger partial charge in [0.1, 0.15) is 18.1 Å². The molecule has 1 amide bonds. The summed E-state index contributed by atoms with van der Waals surface area (Å²) in [6.07, 6.45) is 10.5. The van der Waals surface area contributed by atoms with Crippen LogP contribution in [0.25, 0.3) is 17.3 Å². The third-order valence-corrected chi connectivity index (χ3v) is 8.34. The number of carbonyl (C=O) groups excluding carboxylic acids is 2. The number of rotatable bonds is 8. The molecule has 5 heterocycles. The molecule has 10 nitrogen and oxygen atoms in total. The number of likely N-dealkylation sites (tertiary alicyclic amines) is 1. The van der Waals surface area contributed by atoms with Crippen molar-refractivity contribution in [1.29, 1.82) is 0 Å². The second-order valence-corrected chi connectivity index (χ2v) is 10.9. The number of hydrogen-bond acceptors (Lipinski definition) is 8. The molecule has 3 aliphatic rings. The molecule has 0 spiro atoms. The van der Waals surface area contributed by atoms with E-state index in [0.717, 1.165) is 99.7 Å². The van der Waals surface area contributed by atoms with Gasteiger partial charge in [0, 0.05) is 62.7 Å². The molecule has 3 aliphatic heterocycles. The number of anilines is 2. The van der Waals surface area contributed by atoms with Crippen molar-refractivity contribution in [1.82, 2.24) is 29.9 Å². The van der Waals surface area contributed by atoms with Crippen LogP contribution in [0.15, 0.2) is 48.9 Å². The molecule has 2 saturated heterocycles. The van der Waals surface area contributed by atoms with Crippen molar-refractivity contribution in [3.63, 3.8) is 0 Å². The highest BCUT2D eigenvalue weighted by molar-refractivity contribution is 5.80. The Morgan fingerprint density at radius 3 is 2.63 bits per heavy atom. The van der Waals surface area contributed by atoms with E-state index in [2.05, 4.69) is 44.9 Å². The number of benzene rings is 1. The number of morpholine rings is 1. The minimum absolute atomic E-state index is 0.152. The summed E-state index contributed by atoms with van der Waals surface area (Å²) in [5, 5.41) is 11.2. The van der Waals surface area contributed by atoms with Crippen molar-refractivity contribution in [2.75, 3.05) is 51.3 Å². The summed E-state index contributed by atoms with van der Waals surface area (Å²) in [6.45, 7) is 8.45. The lowest BCUT2D eigenvalue weighted by Gasteiger charge is -2.31. The van der Waals surface area contributed by atoms with Crippen LogP contribution in [-0.2, 0) is 20.9 Å². The van der Waals surface area contributed by atoms with Crippen molar-refractivity contribution in [3.8, 4) is 11.3 Å². The van der Waals surface area contributed by atoms with Gasteiger partial charge in [0.05, 0.1) is 31.6 Å². The van der Waals surface area contributed by atoms with Crippen LogP contribution in [0.2, 0.25) is 0 Å². The van der Waals surface area contributed by atoms with E-state index in [1.54, 1.807) is 6.92 Å². The van der Waals surface area contributed by atoms with Crippen LogP contribution in [0, 0.1) is 0 Å². The Hall–Kier alpha value is -4.02. The first kappa shape index (κ1) is 27.2. The van der Waals surface area contributed by atoms with Gasteiger partial charge < -0.3 is 25.1 Å². The monoisotopic (exact) mass is 555 g/mol. The van der Waals surface area contributed by atoms with Gasteiger partial charge >= 0.3 is 0 Å². The minimum Gasteiger partial charge on any atom is -0.379 e. The number of piperidine rings is 1. The molecule has 1 unspecified atom stereocenters. The molecule has 41 heavy (non-hydrogen) atoms. The summed E-state index contributed by atoms with van der Waals surface area (Å²) in [5.74, 6) is 1.25. The summed E-state index contributed by atoms with van der Waals surface area (Å²) in [4.78, 5) is 33.0. The highest BCUT2D eigenvalue weighted by atomic mass is 16.5. The van der Waals surface area contributed by atoms with E-state index in [1.165, 1.54) is 5.56 Å². The number of nitrogens with zero attached hydrogens (tertiary/aromatic N) is 5. The Balaban J connectivity index is 1.21. The number of aldehydes is 1. The number of carbonyl (C=O) groups is 2. The van der Waals surface area contributed by atoms with E-state index in [9.17, 15) is 9.59 Å². The largest absolute Gasteiger partial charge is 0.379 e. The van der Waals surface area contributed by atoms with E-state index in [1.807, 2.05) is 40.3 Å². The van der Waals surface area contributed by atoms with Crippen LogP contribution in [0.1, 0.15) is 48.4 Å². The Kier molecular flexibility index (Phi) is 8.11. The molecule has 3 aromatic rings. The standard InChI is InChI=1S/C31H37N7O3/c1-22(40)37-10-7-24(8-11-37)23-2-4-27(5-3-23)34-31-30-25(6-9-32-29(30)21-39)18-28(35-31)26-19-33-38(20-26)13-12-36-14-16-41-17-15-36/h2-6,9,18-21,24,29,32H,7-8,10-17H2,1H3,(H,34,35). The molecule has 1 aromatic carbocycles. The number of fused-ring (bicyclic) bond motifs is 1. The van der Waals surface area contributed by atoms with Crippen LogP contribution in [0.4, 0.5) is 11.5 Å². The van der Waals surface area contributed by atoms with Gasteiger partial charge in [-0.1, -0.05) is 12.1 Å². The van der Waals surface area contributed by atoms with Gasteiger partial charge in [0.25, 0.3) is 0 Å². The van der Waals surface area contributed by atoms with Crippen molar-refractivity contribution in [2.45, 2.75) is 38.3 Å². The number of ether oxygens (including phenoxy) is 1. The molecule has 10 heteroatoms. The first-order valence-electron chi connectivity index (χ1n) is 14.5. The van der Waals surface area contributed by atoms with Gasteiger partial charge in [-0.15, -0.1) is 0 Å². The average Bonchev–Trinajstić information content (AvgIpc) is 3.50. The van der Waals surface area contributed by atoms with Crippen LogP contribution in [-0.4, -0.2) is 82.7 Å². The first-order chi connectivity index (χ1) is 20.1. The summed E-state index contributed by atoms with van der Waals surface area (Å²) >= 11 is 0. The van der Waals surface area contributed by atoms with Crippen molar-refractivity contribution in [2.24, 2.45) is 0 Å². The molecule has 1 atom stereocenters. The maximum atomic E-state index is 12.0. The number of amides is 1. The Morgan fingerprint density at radius 2 is 1.90 bits per heavy atom. The molecule has 2 aromatic heterocycles. The lowest BCUT2D eigenvalue weighted by molar-refractivity contribution is -0.129. The molecular formula is C31H37N7O3. The number of pyridine rings is 1. The fourth-order valence-corrected chi connectivity index (χ4v) is 5.90. The smallest absolute Gasteiger partial charge is 0.219 e. The highest BCUT2D eigenvalue weighted by Gasteiger charge is 2.24. The zero-order chi connectivity index (χ0) is 28.2. The summed E-state index contributed by atoms with van der Waals surface area (Å²) in [5.41, 5.74) is 5.69. The van der Waals surface area contributed by atoms with E-state index in [0.29, 0.717) is 11.7 Å². The summed E-state index contributed by atoms with van der Waals surface area (Å²) in [6, 6.07) is 9.98. The lowest BCUT2D eigenvalue weighted by Crippen LogP contribution is -2.38. The molecule has 0 bridgehead atoms. The highest BCUT2D eigenvalue weighted by Crippen LogP contribution is 2.35. The fourth-order valence-electron chi connectivity index (χ4n) is 5.90. The number of nitrogens with one attached hydrogen (secondary N) is 2. The van der Waals surface area contributed by atoms with E-state index >= 15 is 0 Å². The predicted octanol–water partition coefficient (Wildman–Crippen LogP) is 3.56. The van der Waals surface area contributed by atoms with Gasteiger partial charge in [0.2, 0.25) is 5.91 Å². The molecule has 214 valence electrons. The quantitative estimate of drug-likeness (QED) is 0.407. The first-order valence-corrected chi connectivity index (χ1v) is 14.5. The van der Waals surface area contributed by atoms with Crippen LogP contribution in [0.5, 0.6) is 0 Å². The fraction of sp³-hybridized carbons (Fsp3) is 0.419. The van der Waals surface area contributed by atoms with Gasteiger partial charge in [-0.25, -0.2) is 4.98 Å². The Bertz CT molecular complexity index is 1400. The van der Waals surface area contributed by atoms with Crippen LogP contribution in [0.3, 0.4) is 0 Å². The maximum Gasteiger partial charge on any atom is 0.219 e.